The van der Waals surface area contributed by atoms with Crippen molar-refractivity contribution in [2.24, 2.45) is 11.8 Å². The molecule has 2 saturated heterocycles. The lowest BCUT2D eigenvalue weighted by Crippen LogP contribution is -2.51. The predicted molar refractivity (Wildman–Crippen MR) is 144 cm³/mol. The highest BCUT2D eigenvalue weighted by Gasteiger charge is 2.44. The van der Waals surface area contributed by atoms with Crippen LogP contribution in [0.2, 0.25) is 0 Å². The van der Waals surface area contributed by atoms with Crippen LogP contribution in [-0.2, 0) is 30.7 Å². The van der Waals surface area contributed by atoms with Crippen LogP contribution >= 0.6 is 0 Å². The van der Waals surface area contributed by atoms with E-state index in [1.165, 1.54) is 23.5 Å². The monoisotopic (exact) mass is 562 g/mol. The number of carbonyl (C=O) groups excluding carboxylic acids is 1. The van der Waals surface area contributed by atoms with E-state index in [0.717, 1.165) is 12.0 Å². The number of fused-ring (bicyclic) bond motifs is 1. The van der Waals surface area contributed by atoms with Gasteiger partial charge in [0.05, 0.1) is 43.3 Å². The number of nitrogens with zero attached hydrogens (tertiary/aromatic N) is 1. The van der Waals surface area contributed by atoms with E-state index < -0.39 is 34.4 Å². The maximum Gasteiger partial charge on any atom is 0.407 e. The number of alkyl carbamates (subject to hydrolysis) is 1. The molecule has 2 heterocycles. The quantitative estimate of drug-likeness (QED) is 0.405. The standard InChI is InChI=1S/C28H38N2O8S/c1-19(2)16-30(39(33,34)22-11-9-21(35-3)10-12-22)17-25(31)24(15-20-7-5-4-6-8-20)29-28(32)38-26-18-37-27-23(26)13-14-36-27/h4-12,19,23-27,31H,13-18H2,1-3H3,(H,29,32)/t23?,24-,25+,26-,27?/m0/s1. The van der Waals surface area contributed by atoms with Gasteiger partial charge in [-0.2, -0.15) is 4.31 Å². The van der Waals surface area contributed by atoms with E-state index in [9.17, 15) is 18.3 Å². The van der Waals surface area contributed by atoms with E-state index >= 15 is 0 Å². The average Bonchev–Trinajstić information content (AvgIpc) is 3.53. The topological polar surface area (TPSA) is 124 Å². The lowest BCUT2D eigenvalue weighted by Gasteiger charge is -2.31. The third-order valence-corrected chi connectivity index (χ3v) is 8.81. The SMILES string of the molecule is COc1ccc(S(=O)(=O)N(CC(C)C)C[C@@H](O)[C@H](Cc2ccccc2)NC(=O)O[C@H]2COC3OCCC32)cc1. The van der Waals surface area contributed by atoms with Crippen LogP contribution in [-0.4, -0.2) is 81.9 Å². The summed E-state index contributed by atoms with van der Waals surface area (Å²) in [5, 5.41) is 14.2. The Labute approximate surface area is 230 Å². The number of sulfonamides is 1. The number of nitrogens with one attached hydrogen (secondary N) is 1. The second kappa shape index (κ2) is 13.1. The Morgan fingerprint density at radius 3 is 2.49 bits per heavy atom. The van der Waals surface area contributed by atoms with Crippen molar-refractivity contribution >= 4 is 16.1 Å². The van der Waals surface area contributed by atoms with Gasteiger partial charge >= 0.3 is 6.09 Å². The Morgan fingerprint density at radius 2 is 1.82 bits per heavy atom. The first-order chi connectivity index (χ1) is 18.7. The van der Waals surface area contributed by atoms with Gasteiger partial charge in [0, 0.05) is 13.1 Å². The molecule has 0 bridgehead atoms. The van der Waals surface area contributed by atoms with Crippen LogP contribution in [0.3, 0.4) is 0 Å². The molecule has 2 aromatic rings. The molecule has 0 saturated carbocycles. The lowest BCUT2D eigenvalue weighted by molar-refractivity contribution is -0.0907. The number of aliphatic hydroxyl groups excluding tert-OH is 1. The van der Waals surface area contributed by atoms with E-state index in [0.29, 0.717) is 12.4 Å². The van der Waals surface area contributed by atoms with Gasteiger partial charge in [-0.25, -0.2) is 13.2 Å². The zero-order chi connectivity index (χ0) is 28.0. The van der Waals surface area contributed by atoms with Gasteiger partial charge in [0.2, 0.25) is 10.0 Å². The molecule has 39 heavy (non-hydrogen) atoms. The predicted octanol–water partition coefficient (Wildman–Crippen LogP) is 2.80. The number of benzene rings is 2. The van der Waals surface area contributed by atoms with Crippen LogP contribution in [0, 0.1) is 11.8 Å². The Kier molecular flexibility index (Phi) is 9.84. The van der Waals surface area contributed by atoms with E-state index in [1.54, 1.807) is 12.1 Å². The van der Waals surface area contributed by atoms with Crippen LogP contribution in [0.15, 0.2) is 59.5 Å². The van der Waals surface area contributed by atoms with Crippen molar-refractivity contribution in [3.05, 3.63) is 60.2 Å². The summed E-state index contributed by atoms with van der Waals surface area (Å²) < 4.78 is 50.3. The highest BCUT2D eigenvalue weighted by atomic mass is 32.2. The van der Waals surface area contributed by atoms with Gasteiger partial charge in [0.1, 0.15) is 11.9 Å². The lowest BCUT2D eigenvalue weighted by atomic mass is 10.0. The van der Waals surface area contributed by atoms with Crippen molar-refractivity contribution in [2.45, 2.75) is 56.1 Å². The summed E-state index contributed by atoms with van der Waals surface area (Å²) in [4.78, 5) is 13.0. The second-order valence-corrected chi connectivity index (χ2v) is 12.3. The molecule has 2 aromatic carbocycles. The molecular weight excluding hydrogens is 524 g/mol. The summed E-state index contributed by atoms with van der Waals surface area (Å²) >= 11 is 0. The first kappa shape index (κ1) is 29.3. The van der Waals surface area contributed by atoms with Crippen LogP contribution in [0.25, 0.3) is 0 Å². The fraction of sp³-hybridized carbons (Fsp3) is 0.536. The van der Waals surface area contributed by atoms with Crippen molar-refractivity contribution in [3.63, 3.8) is 0 Å². The Hall–Kier alpha value is -2.70. The third-order valence-electron chi connectivity index (χ3n) is 6.97. The minimum atomic E-state index is -3.94. The number of hydrogen-bond acceptors (Lipinski definition) is 8. The molecular formula is C28H38N2O8S. The zero-order valence-corrected chi connectivity index (χ0v) is 23.4. The number of amides is 1. The average molecular weight is 563 g/mol. The molecule has 4 rings (SSSR count). The Bertz CT molecular complexity index is 1180. The van der Waals surface area contributed by atoms with Gasteiger partial charge in [-0.1, -0.05) is 44.2 Å². The van der Waals surface area contributed by atoms with Gasteiger partial charge < -0.3 is 29.4 Å². The van der Waals surface area contributed by atoms with Crippen molar-refractivity contribution in [1.29, 1.82) is 0 Å². The summed E-state index contributed by atoms with van der Waals surface area (Å²) in [7, 11) is -2.43. The minimum absolute atomic E-state index is 0.000311. The molecule has 11 heteroatoms. The van der Waals surface area contributed by atoms with Crippen LogP contribution in [0.4, 0.5) is 4.79 Å². The van der Waals surface area contributed by atoms with E-state index in [-0.39, 0.29) is 49.1 Å². The van der Waals surface area contributed by atoms with Crippen LogP contribution in [0.1, 0.15) is 25.8 Å². The van der Waals surface area contributed by atoms with E-state index in [1.807, 2.05) is 44.2 Å². The molecule has 214 valence electrons. The van der Waals surface area contributed by atoms with Crippen molar-refractivity contribution in [1.82, 2.24) is 9.62 Å². The maximum atomic E-state index is 13.6. The van der Waals surface area contributed by atoms with E-state index in [4.69, 9.17) is 18.9 Å². The van der Waals surface area contributed by atoms with Crippen LogP contribution < -0.4 is 10.1 Å². The molecule has 1 amide bonds. The summed E-state index contributed by atoms with van der Waals surface area (Å²) in [5.41, 5.74) is 0.878. The maximum absolute atomic E-state index is 13.6. The second-order valence-electron chi connectivity index (χ2n) is 10.4. The number of methoxy groups -OCH3 is 1. The van der Waals surface area contributed by atoms with Gasteiger partial charge in [0.15, 0.2) is 6.29 Å². The largest absolute Gasteiger partial charge is 0.497 e. The van der Waals surface area contributed by atoms with Gasteiger partial charge in [-0.05, 0) is 48.6 Å². The Balaban J connectivity index is 1.51. The summed E-state index contributed by atoms with van der Waals surface area (Å²) in [5.74, 6) is 0.516. The number of aliphatic hydroxyl groups is 1. The molecule has 0 spiro atoms. The number of carbonyl (C=O) groups is 1. The molecule has 2 N–H and O–H groups in total. The molecule has 2 aliphatic rings. The summed E-state index contributed by atoms with van der Waals surface area (Å²) in [6.45, 7) is 4.59. The van der Waals surface area contributed by atoms with Crippen molar-refractivity contribution in [2.75, 3.05) is 33.4 Å². The fourth-order valence-electron chi connectivity index (χ4n) is 4.93. The van der Waals surface area contributed by atoms with Gasteiger partial charge in [0.25, 0.3) is 0 Å². The molecule has 0 radical (unpaired) electrons. The van der Waals surface area contributed by atoms with Gasteiger partial charge in [-0.15, -0.1) is 0 Å². The molecule has 2 fully saturated rings. The smallest absolute Gasteiger partial charge is 0.407 e. The molecule has 2 unspecified atom stereocenters. The number of rotatable bonds is 12. The van der Waals surface area contributed by atoms with E-state index in [2.05, 4.69) is 5.32 Å². The molecule has 0 aromatic heterocycles. The minimum Gasteiger partial charge on any atom is -0.497 e. The molecule has 0 aliphatic carbocycles. The summed E-state index contributed by atoms with van der Waals surface area (Å²) in [6, 6.07) is 14.7. The van der Waals surface area contributed by atoms with Crippen LogP contribution in [0.5, 0.6) is 5.75 Å². The number of hydrogen-bond donors (Lipinski definition) is 2. The molecule has 5 atom stereocenters. The first-order valence-electron chi connectivity index (χ1n) is 13.2. The fourth-order valence-corrected chi connectivity index (χ4v) is 6.55. The van der Waals surface area contributed by atoms with Gasteiger partial charge in [-0.3, -0.25) is 0 Å². The highest BCUT2D eigenvalue weighted by molar-refractivity contribution is 7.89. The molecule has 2 aliphatic heterocycles. The Morgan fingerprint density at radius 1 is 1.10 bits per heavy atom. The highest BCUT2D eigenvalue weighted by Crippen LogP contribution is 2.33. The molecule has 10 nitrogen and oxygen atoms in total. The zero-order valence-electron chi connectivity index (χ0n) is 22.6. The van der Waals surface area contributed by atoms with Crippen molar-refractivity contribution in [3.8, 4) is 5.75 Å². The summed E-state index contributed by atoms with van der Waals surface area (Å²) in [6.07, 6.45) is -1.69. The first-order valence-corrected chi connectivity index (χ1v) is 14.7. The normalized spacial score (nSPS) is 22.5. The third kappa shape index (κ3) is 7.49. The van der Waals surface area contributed by atoms with Crippen molar-refractivity contribution < 1.29 is 37.3 Å². The number of ether oxygens (including phenoxy) is 4.